The van der Waals surface area contributed by atoms with Gasteiger partial charge >= 0.3 is 5.97 Å². The van der Waals surface area contributed by atoms with Crippen LogP contribution in [0.3, 0.4) is 0 Å². The molecule has 6 nitrogen and oxygen atoms in total. The molecule has 3 aromatic carbocycles. The van der Waals surface area contributed by atoms with E-state index >= 15 is 0 Å². The van der Waals surface area contributed by atoms with Gasteiger partial charge in [0.05, 0.1) is 10.5 Å². The van der Waals surface area contributed by atoms with Gasteiger partial charge in [-0.25, -0.2) is 17.5 Å². The Morgan fingerprint density at radius 3 is 1.72 bits per heavy atom. The Bertz CT molecular complexity index is 1210. The van der Waals surface area contributed by atoms with Gasteiger partial charge in [0.2, 0.25) is 15.8 Å². The summed E-state index contributed by atoms with van der Waals surface area (Å²) in [6.07, 6.45) is -1.13. The lowest BCUT2D eigenvalue weighted by Gasteiger charge is -2.18. The molecule has 32 heavy (non-hydrogen) atoms. The molecule has 0 radical (unpaired) electrons. The molecule has 0 saturated heterocycles. The van der Waals surface area contributed by atoms with E-state index in [0.717, 1.165) is 15.4 Å². The summed E-state index contributed by atoms with van der Waals surface area (Å²) in [7, 11) is -0.754. The van der Waals surface area contributed by atoms with Crippen molar-refractivity contribution in [2.75, 3.05) is 14.1 Å². The largest absolute Gasteiger partial charge is 0.445 e. The fourth-order valence-corrected chi connectivity index (χ4v) is 3.93. The Kier molecular flexibility index (Phi) is 6.91. The summed E-state index contributed by atoms with van der Waals surface area (Å²) in [6, 6.07) is 19.7. The molecule has 0 spiro atoms. The van der Waals surface area contributed by atoms with E-state index in [2.05, 4.69) is 0 Å². The van der Waals surface area contributed by atoms with Crippen molar-refractivity contribution in [2.45, 2.75) is 24.8 Å². The van der Waals surface area contributed by atoms with Crippen LogP contribution in [0, 0.1) is 13.8 Å². The number of carbonyl (C=O) groups excluding carboxylic acids is 2. The number of rotatable bonds is 7. The van der Waals surface area contributed by atoms with Gasteiger partial charge in [-0.05, 0) is 38.1 Å². The van der Waals surface area contributed by atoms with Gasteiger partial charge in [-0.2, -0.15) is 0 Å². The lowest BCUT2D eigenvalue weighted by atomic mass is 9.98. The second kappa shape index (κ2) is 9.46. The summed E-state index contributed by atoms with van der Waals surface area (Å²) in [6.45, 7) is 3.85. The van der Waals surface area contributed by atoms with Crippen LogP contribution in [-0.4, -0.2) is 38.6 Å². The maximum absolute atomic E-state index is 13.2. The molecule has 1 atom stereocenters. The third-order valence-corrected chi connectivity index (χ3v) is 6.88. The number of benzene rings is 3. The normalized spacial score (nSPS) is 12.4. The smallest absolute Gasteiger partial charge is 0.339 e. The number of hydrogen-bond acceptors (Lipinski definition) is 5. The molecule has 0 fully saturated rings. The van der Waals surface area contributed by atoms with Gasteiger partial charge in [-0.1, -0.05) is 59.7 Å². The molecule has 0 amide bonds. The summed E-state index contributed by atoms with van der Waals surface area (Å²) in [5.41, 5.74) is 3.16. The van der Waals surface area contributed by atoms with Gasteiger partial charge in [-0.3, -0.25) is 4.79 Å². The molecule has 0 aliphatic carbocycles. The van der Waals surface area contributed by atoms with E-state index in [4.69, 9.17) is 4.74 Å². The SMILES string of the molecule is Cc1ccc(C(=O)C(OC(=O)c2ccc(S(=O)(=O)N(C)C)cc2)c2ccc(C)cc2)cc1. The van der Waals surface area contributed by atoms with E-state index in [-0.39, 0.29) is 16.2 Å². The molecule has 0 aromatic heterocycles. The highest BCUT2D eigenvalue weighted by molar-refractivity contribution is 7.89. The van der Waals surface area contributed by atoms with Crippen molar-refractivity contribution in [1.82, 2.24) is 4.31 Å². The number of Topliss-reactive ketones (excluding diaryl/α,β-unsaturated/α-hetero) is 1. The van der Waals surface area contributed by atoms with Crippen LogP contribution >= 0.6 is 0 Å². The molecule has 7 heteroatoms. The topological polar surface area (TPSA) is 80.8 Å². The number of sulfonamides is 1. The average molecular weight is 452 g/mol. The summed E-state index contributed by atoms with van der Waals surface area (Å²) in [5, 5.41) is 0. The van der Waals surface area contributed by atoms with E-state index < -0.39 is 22.1 Å². The van der Waals surface area contributed by atoms with Crippen LogP contribution in [0.4, 0.5) is 0 Å². The molecule has 1 unspecified atom stereocenters. The summed E-state index contributed by atoms with van der Waals surface area (Å²) < 4.78 is 31.2. The first-order chi connectivity index (χ1) is 15.1. The zero-order valence-corrected chi connectivity index (χ0v) is 19.2. The van der Waals surface area contributed by atoms with Crippen LogP contribution in [0.1, 0.15) is 43.5 Å². The lowest BCUT2D eigenvalue weighted by molar-refractivity contribution is 0.0280. The number of aryl methyl sites for hydroxylation is 2. The Labute approximate surface area is 188 Å². The van der Waals surface area contributed by atoms with Gasteiger partial charge in [0.25, 0.3) is 0 Å². The lowest BCUT2D eigenvalue weighted by Crippen LogP contribution is -2.22. The Balaban J connectivity index is 1.90. The second-order valence-corrected chi connectivity index (χ2v) is 9.89. The fourth-order valence-electron chi connectivity index (χ4n) is 3.03. The zero-order valence-electron chi connectivity index (χ0n) is 18.4. The fraction of sp³-hybridized carbons (Fsp3) is 0.200. The second-order valence-electron chi connectivity index (χ2n) is 7.74. The van der Waals surface area contributed by atoms with Gasteiger partial charge in [-0.15, -0.1) is 0 Å². The first-order valence-electron chi connectivity index (χ1n) is 10.0. The minimum atomic E-state index is -3.62. The third kappa shape index (κ3) is 5.12. The predicted molar refractivity (Wildman–Crippen MR) is 122 cm³/mol. The van der Waals surface area contributed by atoms with Crippen LogP contribution in [0.2, 0.25) is 0 Å². The van der Waals surface area contributed by atoms with Gasteiger partial charge in [0.1, 0.15) is 0 Å². The van der Waals surface area contributed by atoms with E-state index in [1.54, 1.807) is 24.3 Å². The Morgan fingerprint density at radius 1 is 0.750 bits per heavy atom. The molecule has 166 valence electrons. The van der Waals surface area contributed by atoms with Crippen molar-refractivity contribution in [2.24, 2.45) is 0 Å². The minimum Gasteiger partial charge on any atom is -0.445 e. The summed E-state index contributed by atoms with van der Waals surface area (Å²) in [4.78, 5) is 26.1. The molecule has 0 bridgehead atoms. The van der Waals surface area contributed by atoms with Gasteiger partial charge < -0.3 is 4.74 Å². The van der Waals surface area contributed by atoms with E-state index in [9.17, 15) is 18.0 Å². The molecule has 3 aromatic rings. The average Bonchev–Trinajstić information content (AvgIpc) is 2.78. The van der Waals surface area contributed by atoms with Crippen LogP contribution in [-0.2, 0) is 14.8 Å². The van der Waals surface area contributed by atoms with Gasteiger partial charge in [0.15, 0.2) is 6.10 Å². The standard InChI is InChI=1S/C25H25NO5S/c1-17-5-9-19(10-6-17)23(27)24(20-11-7-18(2)8-12-20)31-25(28)21-13-15-22(16-14-21)32(29,30)26(3)4/h5-16,24H,1-4H3. The van der Waals surface area contributed by atoms with E-state index in [1.165, 1.54) is 38.4 Å². The highest BCUT2D eigenvalue weighted by Gasteiger charge is 2.27. The maximum atomic E-state index is 13.2. The minimum absolute atomic E-state index is 0.0601. The zero-order chi connectivity index (χ0) is 23.5. The predicted octanol–water partition coefficient (Wildman–Crippen LogP) is 4.33. The summed E-state index contributed by atoms with van der Waals surface area (Å²) >= 11 is 0. The van der Waals surface area contributed by atoms with Crippen molar-refractivity contribution in [3.05, 3.63) is 101 Å². The molecule has 0 N–H and O–H groups in total. The van der Waals surface area contributed by atoms with Crippen molar-refractivity contribution in [3.63, 3.8) is 0 Å². The van der Waals surface area contributed by atoms with E-state index in [0.29, 0.717) is 11.1 Å². The highest BCUT2D eigenvalue weighted by Crippen LogP contribution is 2.25. The number of nitrogens with zero attached hydrogens (tertiary/aromatic N) is 1. The molecule has 0 aliphatic rings. The molecule has 0 heterocycles. The first-order valence-corrected chi connectivity index (χ1v) is 11.4. The van der Waals surface area contributed by atoms with Crippen LogP contribution in [0.15, 0.2) is 77.7 Å². The Morgan fingerprint density at radius 2 is 1.22 bits per heavy atom. The number of ketones is 1. The van der Waals surface area contributed by atoms with Gasteiger partial charge in [0, 0.05) is 25.2 Å². The number of esters is 1. The number of carbonyl (C=O) groups is 2. The van der Waals surface area contributed by atoms with Crippen LogP contribution in [0.5, 0.6) is 0 Å². The van der Waals surface area contributed by atoms with Crippen molar-refractivity contribution in [3.8, 4) is 0 Å². The first kappa shape index (κ1) is 23.4. The monoisotopic (exact) mass is 451 g/mol. The highest BCUT2D eigenvalue weighted by atomic mass is 32.2. The van der Waals surface area contributed by atoms with Crippen molar-refractivity contribution < 1.29 is 22.7 Å². The van der Waals surface area contributed by atoms with Crippen molar-refractivity contribution in [1.29, 1.82) is 0 Å². The van der Waals surface area contributed by atoms with Crippen molar-refractivity contribution >= 4 is 21.8 Å². The Hall–Kier alpha value is -3.29. The molecule has 0 aliphatic heterocycles. The third-order valence-electron chi connectivity index (χ3n) is 5.05. The number of hydrogen-bond donors (Lipinski definition) is 0. The number of ether oxygens (including phenoxy) is 1. The quantitative estimate of drug-likeness (QED) is 0.394. The maximum Gasteiger partial charge on any atom is 0.339 e. The molecular formula is C25H25NO5S. The molecule has 3 rings (SSSR count). The molecular weight excluding hydrogens is 426 g/mol. The van der Waals surface area contributed by atoms with Crippen LogP contribution in [0.25, 0.3) is 0 Å². The van der Waals surface area contributed by atoms with Crippen LogP contribution < -0.4 is 0 Å². The summed E-state index contributed by atoms with van der Waals surface area (Å²) in [5.74, 6) is -1.06. The molecule has 0 saturated carbocycles. The van der Waals surface area contributed by atoms with E-state index in [1.807, 2.05) is 38.1 Å².